The van der Waals surface area contributed by atoms with Crippen molar-refractivity contribution in [1.29, 1.82) is 0 Å². The molecule has 0 aliphatic carbocycles. The lowest BCUT2D eigenvalue weighted by atomic mass is 10.0. The van der Waals surface area contributed by atoms with Crippen LogP contribution in [0, 0.1) is 19.8 Å². The molecule has 1 aromatic carbocycles. The highest BCUT2D eigenvalue weighted by molar-refractivity contribution is 6.00. The van der Waals surface area contributed by atoms with Crippen LogP contribution in [0.5, 0.6) is 5.75 Å². The molecule has 0 bridgehead atoms. The third kappa shape index (κ3) is 5.49. The van der Waals surface area contributed by atoms with E-state index in [9.17, 15) is 14.4 Å². The minimum atomic E-state index is -0.865. The third-order valence-electron chi connectivity index (χ3n) is 5.06. The van der Waals surface area contributed by atoms with E-state index in [1.165, 1.54) is 0 Å². The maximum absolute atomic E-state index is 12.6. The van der Waals surface area contributed by atoms with Gasteiger partial charge in [0.2, 0.25) is 5.78 Å². The Kier molecular flexibility index (Phi) is 7.80. The van der Waals surface area contributed by atoms with Gasteiger partial charge in [0.15, 0.2) is 6.61 Å². The number of ether oxygens (including phenoxy) is 2. The Morgan fingerprint density at radius 2 is 1.73 bits per heavy atom. The molecule has 0 saturated heterocycles. The molecule has 1 heterocycles. The SMILES string of the molecule is CCOc1ccc(C(=O)N[C@H](C(=O)OCC(=O)c2cc(C)n(C)c2C)C(C)C)cc1. The van der Waals surface area contributed by atoms with Crippen LogP contribution < -0.4 is 10.1 Å². The second-order valence-electron chi connectivity index (χ2n) is 7.53. The Hall–Kier alpha value is -3.09. The van der Waals surface area contributed by atoms with Gasteiger partial charge in [-0.15, -0.1) is 0 Å². The van der Waals surface area contributed by atoms with E-state index in [-0.39, 0.29) is 18.3 Å². The smallest absolute Gasteiger partial charge is 0.329 e. The molecule has 7 heteroatoms. The van der Waals surface area contributed by atoms with Crippen LogP contribution in [0.4, 0.5) is 0 Å². The summed E-state index contributed by atoms with van der Waals surface area (Å²) in [6.45, 7) is 9.40. The molecular weight excluding hydrogens is 384 g/mol. The molecule has 2 aromatic rings. The number of hydrogen-bond donors (Lipinski definition) is 1. The minimum absolute atomic E-state index is 0.208. The van der Waals surface area contributed by atoms with Crippen molar-refractivity contribution in [2.24, 2.45) is 13.0 Å². The van der Waals surface area contributed by atoms with E-state index in [0.29, 0.717) is 23.5 Å². The summed E-state index contributed by atoms with van der Waals surface area (Å²) >= 11 is 0. The summed E-state index contributed by atoms with van der Waals surface area (Å²) in [6, 6.07) is 7.57. The van der Waals surface area contributed by atoms with Gasteiger partial charge in [-0.3, -0.25) is 9.59 Å². The predicted molar refractivity (Wildman–Crippen MR) is 114 cm³/mol. The van der Waals surface area contributed by atoms with Crippen molar-refractivity contribution in [2.45, 2.75) is 40.7 Å². The van der Waals surface area contributed by atoms with Crippen molar-refractivity contribution in [2.75, 3.05) is 13.2 Å². The Labute approximate surface area is 177 Å². The average molecular weight is 415 g/mol. The lowest BCUT2D eigenvalue weighted by Crippen LogP contribution is -2.45. The fraction of sp³-hybridized carbons (Fsp3) is 0.435. The van der Waals surface area contributed by atoms with Gasteiger partial charge in [-0.2, -0.15) is 0 Å². The van der Waals surface area contributed by atoms with Crippen molar-refractivity contribution in [3.8, 4) is 5.75 Å². The molecule has 30 heavy (non-hydrogen) atoms. The molecule has 0 spiro atoms. The van der Waals surface area contributed by atoms with E-state index in [0.717, 1.165) is 11.4 Å². The summed E-state index contributed by atoms with van der Waals surface area (Å²) in [5.74, 6) is -0.846. The standard InChI is InChI=1S/C23H30N2O5/c1-7-29-18-10-8-17(9-11-18)22(27)24-21(14(2)3)23(28)30-13-20(26)19-12-15(4)25(6)16(19)5/h8-12,14,21H,7,13H2,1-6H3,(H,24,27)/t21-/m0/s1. The van der Waals surface area contributed by atoms with Gasteiger partial charge < -0.3 is 19.4 Å². The number of nitrogens with zero attached hydrogens (tertiary/aromatic N) is 1. The van der Waals surface area contributed by atoms with E-state index in [1.807, 2.05) is 32.4 Å². The molecule has 7 nitrogen and oxygen atoms in total. The molecular formula is C23H30N2O5. The number of ketones is 1. The van der Waals surface area contributed by atoms with E-state index in [2.05, 4.69) is 5.32 Å². The number of carbonyl (C=O) groups is 3. The van der Waals surface area contributed by atoms with Crippen molar-refractivity contribution >= 4 is 17.7 Å². The van der Waals surface area contributed by atoms with E-state index in [1.54, 1.807) is 44.2 Å². The molecule has 0 aliphatic rings. The summed E-state index contributed by atoms with van der Waals surface area (Å²) in [5.41, 5.74) is 2.70. The van der Waals surface area contributed by atoms with Crippen LogP contribution in [0.1, 0.15) is 52.9 Å². The van der Waals surface area contributed by atoms with Crippen LogP contribution >= 0.6 is 0 Å². The molecule has 0 fully saturated rings. The summed E-state index contributed by atoms with van der Waals surface area (Å²) in [7, 11) is 1.87. The molecule has 1 aromatic heterocycles. The van der Waals surface area contributed by atoms with Gasteiger partial charge in [0.1, 0.15) is 11.8 Å². The Morgan fingerprint density at radius 3 is 2.23 bits per heavy atom. The molecule has 1 atom stereocenters. The second-order valence-corrected chi connectivity index (χ2v) is 7.53. The third-order valence-corrected chi connectivity index (χ3v) is 5.06. The first-order valence-corrected chi connectivity index (χ1v) is 10.0. The molecule has 2 rings (SSSR count). The van der Waals surface area contributed by atoms with Crippen LogP contribution in [-0.4, -0.2) is 41.5 Å². The number of esters is 1. The summed E-state index contributed by atoms with van der Waals surface area (Å²) in [5, 5.41) is 2.70. The Bertz CT molecular complexity index is 912. The summed E-state index contributed by atoms with van der Waals surface area (Å²) in [4.78, 5) is 37.6. The Balaban J connectivity index is 2.01. The number of nitrogens with one attached hydrogen (secondary N) is 1. The quantitative estimate of drug-likeness (QED) is 0.503. The van der Waals surface area contributed by atoms with Crippen LogP contribution in [0.15, 0.2) is 30.3 Å². The van der Waals surface area contributed by atoms with Gasteiger partial charge >= 0.3 is 5.97 Å². The van der Waals surface area contributed by atoms with Gasteiger partial charge in [-0.25, -0.2) is 4.79 Å². The van der Waals surface area contributed by atoms with Crippen LogP contribution in [-0.2, 0) is 16.6 Å². The largest absolute Gasteiger partial charge is 0.494 e. The average Bonchev–Trinajstić information content (AvgIpc) is 2.97. The first-order chi connectivity index (χ1) is 14.1. The van der Waals surface area contributed by atoms with Crippen molar-refractivity contribution < 1.29 is 23.9 Å². The lowest BCUT2D eigenvalue weighted by Gasteiger charge is -2.20. The van der Waals surface area contributed by atoms with Gasteiger partial charge in [0.05, 0.1) is 6.61 Å². The number of rotatable bonds is 9. The lowest BCUT2D eigenvalue weighted by molar-refractivity contribution is -0.145. The number of benzene rings is 1. The number of aryl methyl sites for hydroxylation is 1. The van der Waals surface area contributed by atoms with E-state index >= 15 is 0 Å². The zero-order valence-corrected chi connectivity index (χ0v) is 18.4. The van der Waals surface area contributed by atoms with Gasteiger partial charge in [0, 0.05) is 29.6 Å². The van der Waals surface area contributed by atoms with Crippen molar-refractivity contribution in [1.82, 2.24) is 9.88 Å². The van der Waals surface area contributed by atoms with E-state index in [4.69, 9.17) is 9.47 Å². The van der Waals surface area contributed by atoms with E-state index < -0.39 is 17.9 Å². The number of carbonyl (C=O) groups excluding carboxylic acids is 3. The number of Topliss-reactive ketones (excluding diaryl/α,β-unsaturated/α-hetero) is 1. The normalized spacial score (nSPS) is 11.8. The maximum atomic E-state index is 12.6. The van der Waals surface area contributed by atoms with Crippen molar-refractivity contribution in [3.63, 3.8) is 0 Å². The zero-order valence-electron chi connectivity index (χ0n) is 18.4. The van der Waals surface area contributed by atoms with Gasteiger partial charge in [-0.05, 0) is 57.0 Å². The first-order valence-electron chi connectivity index (χ1n) is 10.0. The number of hydrogen-bond acceptors (Lipinski definition) is 5. The number of aromatic nitrogens is 1. The molecule has 0 saturated carbocycles. The number of amides is 1. The minimum Gasteiger partial charge on any atom is -0.494 e. The molecule has 0 unspecified atom stereocenters. The zero-order chi connectivity index (χ0) is 22.4. The topological polar surface area (TPSA) is 86.6 Å². The highest BCUT2D eigenvalue weighted by atomic mass is 16.5. The molecule has 1 amide bonds. The van der Waals surface area contributed by atoms with Gasteiger partial charge in [-0.1, -0.05) is 13.8 Å². The first kappa shape index (κ1) is 23.2. The predicted octanol–water partition coefficient (Wildman–Crippen LogP) is 3.22. The van der Waals surface area contributed by atoms with Crippen molar-refractivity contribution in [3.05, 3.63) is 52.8 Å². The molecule has 0 aliphatic heterocycles. The molecule has 0 radical (unpaired) electrons. The maximum Gasteiger partial charge on any atom is 0.329 e. The van der Waals surface area contributed by atoms with Crippen LogP contribution in [0.25, 0.3) is 0 Å². The molecule has 1 N–H and O–H groups in total. The fourth-order valence-corrected chi connectivity index (χ4v) is 3.03. The fourth-order valence-electron chi connectivity index (χ4n) is 3.03. The highest BCUT2D eigenvalue weighted by Gasteiger charge is 2.27. The summed E-state index contributed by atoms with van der Waals surface area (Å²) in [6.07, 6.45) is 0. The second kappa shape index (κ2) is 10.1. The van der Waals surface area contributed by atoms with Gasteiger partial charge in [0.25, 0.3) is 5.91 Å². The highest BCUT2D eigenvalue weighted by Crippen LogP contribution is 2.15. The summed E-state index contributed by atoms with van der Waals surface area (Å²) < 4.78 is 12.5. The van der Waals surface area contributed by atoms with Crippen LogP contribution in [0.2, 0.25) is 0 Å². The monoisotopic (exact) mass is 414 g/mol. The molecule has 162 valence electrons. The van der Waals surface area contributed by atoms with Crippen LogP contribution in [0.3, 0.4) is 0 Å². The Morgan fingerprint density at radius 1 is 1.10 bits per heavy atom.